The highest BCUT2D eigenvalue weighted by molar-refractivity contribution is 6.34. The van der Waals surface area contributed by atoms with Crippen molar-refractivity contribution >= 4 is 28.5 Å². The van der Waals surface area contributed by atoms with E-state index in [2.05, 4.69) is 14.9 Å². The Hall–Kier alpha value is -1.75. The number of carbonyl (C=O) groups excluding carboxylic acids is 1. The Kier molecular flexibility index (Phi) is 2.47. The van der Waals surface area contributed by atoms with Gasteiger partial charge in [0.15, 0.2) is 0 Å². The van der Waals surface area contributed by atoms with Gasteiger partial charge in [-0.2, -0.15) is 0 Å². The Labute approximate surface area is 88.6 Å². The van der Waals surface area contributed by atoms with Crippen molar-refractivity contribution in [3.05, 3.63) is 35.2 Å². The van der Waals surface area contributed by atoms with Crippen LogP contribution in [-0.2, 0) is 4.94 Å². The summed E-state index contributed by atoms with van der Waals surface area (Å²) < 4.78 is 11.6. The normalized spacial score (nSPS) is 10.3. The van der Waals surface area contributed by atoms with Crippen molar-refractivity contribution in [1.82, 2.24) is 9.97 Å². The molecule has 0 N–H and O–H groups in total. The number of halogens is 2. The van der Waals surface area contributed by atoms with E-state index < -0.39 is 11.8 Å². The first kappa shape index (κ1) is 9.79. The van der Waals surface area contributed by atoms with Crippen LogP contribution >= 0.6 is 11.6 Å². The van der Waals surface area contributed by atoms with Gasteiger partial charge in [0, 0.05) is 9.91 Å². The second-order valence-electron chi connectivity index (χ2n) is 2.72. The van der Waals surface area contributed by atoms with Gasteiger partial charge in [-0.3, -0.25) is 0 Å². The third kappa shape index (κ3) is 1.73. The van der Waals surface area contributed by atoms with Crippen molar-refractivity contribution in [3.63, 3.8) is 0 Å². The molecule has 15 heavy (non-hydrogen) atoms. The molecule has 2 aromatic rings. The molecule has 6 heteroatoms. The summed E-state index contributed by atoms with van der Waals surface area (Å²) >= 11 is 5.78. The van der Waals surface area contributed by atoms with E-state index in [0.29, 0.717) is 10.9 Å². The zero-order chi connectivity index (χ0) is 10.8. The largest absolute Gasteiger partial charge is 0.416 e. The Morgan fingerprint density at radius 2 is 2.07 bits per heavy atom. The predicted molar refractivity (Wildman–Crippen MR) is 51.1 cm³/mol. The molecule has 0 spiro atoms. The lowest BCUT2D eigenvalue weighted by molar-refractivity contribution is -0.0798. The lowest BCUT2D eigenvalue weighted by atomic mass is 10.2. The molecule has 0 bridgehead atoms. The number of rotatable bonds is 1. The maximum Gasteiger partial charge on any atom is 0.416 e. The standard InChI is InChI=1S/C9H4ClFN2O2/c10-7-5-3-1-2-4-6(5)12-8(13-7)9(14)15-11/h1-4H. The number of hydrogen-bond acceptors (Lipinski definition) is 4. The van der Waals surface area contributed by atoms with Gasteiger partial charge >= 0.3 is 5.97 Å². The second kappa shape index (κ2) is 3.78. The summed E-state index contributed by atoms with van der Waals surface area (Å²) in [7, 11) is 0. The second-order valence-corrected chi connectivity index (χ2v) is 3.08. The highest BCUT2D eigenvalue weighted by Gasteiger charge is 2.14. The zero-order valence-electron chi connectivity index (χ0n) is 7.28. The molecule has 0 amide bonds. The number of carbonyl (C=O) groups is 1. The van der Waals surface area contributed by atoms with Gasteiger partial charge in [0.2, 0.25) is 5.82 Å². The van der Waals surface area contributed by atoms with Crippen LogP contribution in [0, 0.1) is 0 Å². The van der Waals surface area contributed by atoms with E-state index in [4.69, 9.17) is 11.6 Å². The first-order valence-electron chi connectivity index (χ1n) is 3.97. The van der Waals surface area contributed by atoms with Crippen molar-refractivity contribution in [1.29, 1.82) is 0 Å². The minimum Gasteiger partial charge on any atom is -0.246 e. The number of para-hydroxylation sites is 1. The molecule has 1 heterocycles. The highest BCUT2D eigenvalue weighted by Crippen LogP contribution is 2.19. The van der Waals surface area contributed by atoms with E-state index >= 15 is 0 Å². The molecule has 76 valence electrons. The SMILES string of the molecule is O=C(OF)c1nc(Cl)c2ccccc2n1. The molecule has 0 saturated heterocycles. The monoisotopic (exact) mass is 226 g/mol. The van der Waals surface area contributed by atoms with E-state index in [-0.39, 0.29) is 5.15 Å². The van der Waals surface area contributed by atoms with Gasteiger partial charge in [0.1, 0.15) is 5.15 Å². The first-order valence-corrected chi connectivity index (χ1v) is 4.35. The van der Waals surface area contributed by atoms with E-state index in [0.717, 1.165) is 0 Å². The number of hydrogen-bond donors (Lipinski definition) is 0. The van der Waals surface area contributed by atoms with Crippen LogP contribution in [0.2, 0.25) is 5.15 Å². The third-order valence-corrected chi connectivity index (χ3v) is 2.10. The minimum absolute atomic E-state index is 0.0843. The lowest BCUT2D eigenvalue weighted by Gasteiger charge is -2.00. The predicted octanol–water partition coefficient (Wildman–Crippen LogP) is 2.32. The summed E-state index contributed by atoms with van der Waals surface area (Å²) in [4.78, 5) is 21.3. The molecule has 1 aromatic carbocycles. The van der Waals surface area contributed by atoms with E-state index in [9.17, 15) is 9.32 Å². The van der Waals surface area contributed by atoms with Crippen LogP contribution in [0.25, 0.3) is 10.9 Å². The minimum atomic E-state index is -1.26. The summed E-state index contributed by atoms with van der Waals surface area (Å²) in [6.45, 7) is 0. The molecule has 1 aromatic heterocycles. The number of nitrogens with zero attached hydrogens (tertiary/aromatic N) is 2. The summed E-state index contributed by atoms with van der Waals surface area (Å²) in [5, 5.41) is 0.676. The Morgan fingerprint density at radius 3 is 2.80 bits per heavy atom. The van der Waals surface area contributed by atoms with E-state index in [1.54, 1.807) is 24.3 Å². The average molecular weight is 227 g/mol. The molecular formula is C9H4ClFN2O2. The topological polar surface area (TPSA) is 52.1 Å². The van der Waals surface area contributed by atoms with Gasteiger partial charge < -0.3 is 0 Å². The molecule has 0 saturated carbocycles. The summed E-state index contributed by atoms with van der Waals surface area (Å²) in [5.74, 6) is -1.66. The Bertz CT molecular complexity index is 533. The van der Waals surface area contributed by atoms with Crippen LogP contribution < -0.4 is 0 Å². The molecule has 0 aliphatic heterocycles. The van der Waals surface area contributed by atoms with Crippen molar-refractivity contribution < 1.29 is 14.3 Å². The molecule has 0 atom stereocenters. The zero-order valence-corrected chi connectivity index (χ0v) is 8.03. The average Bonchev–Trinajstić information content (AvgIpc) is 2.28. The van der Waals surface area contributed by atoms with Gasteiger partial charge in [-0.05, 0) is 12.1 Å². The molecule has 0 radical (unpaired) electrons. The Morgan fingerprint density at radius 1 is 1.33 bits per heavy atom. The maximum atomic E-state index is 11.6. The fraction of sp³-hybridized carbons (Fsp3) is 0. The summed E-state index contributed by atoms with van der Waals surface area (Å²) in [6, 6.07) is 6.81. The first-order chi connectivity index (χ1) is 7.22. The van der Waals surface area contributed by atoms with Gasteiger partial charge in [-0.25, -0.2) is 19.7 Å². The fourth-order valence-corrected chi connectivity index (χ4v) is 1.40. The lowest BCUT2D eigenvalue weighted by Crippen LogP contribution is -2.06. The molecule has 0 fully saturated rings. The van der Waals surface area contributed by atoms with E-state index in [1.807, 2.05) is 0 Å². The smallest absolute Gasteiger partial charge is 0.246 e. The van der Waals surface area contributed by atoms with Crippen LogP contribution in [0.5, 0.6) is 0 Å². The molecule has 0 aliphatic carbocycles. The molecule has 2 rings (SSSR count). The third-order valence-electron chi connectivity index (χ3n) is 1.81. The number of fused-ring (bicyclic) bond motifs is 1. The summed E-state index contributed by atoms with van der Waals surface area (Å²) in [5.41, 5.74) is 0.456. The number of benzene rings is 1. The quantitative estimate of drug-likeness (QED) is 0.701. The van der Waals surface area contributed by atoms with E-state index in [1.165, 1.54) is 0 Å². The molecular weight excluding hydrogens is 223 g/mol. The van der Waals surface area contributed by atoms with Crippen molar-refractivity contribution in [2.75, 3.05) is 0 Å². The van der Waals surface area contributed by atoms with Gasteiger partial charge in [-0.15, -0.1) is 0 Å². The number of aromatic nitrogens is 2. The Balaban J connectivity index is 2.67. The van der Waals surface area contributed by atoms with Crippen molar-refractivity contribution in [2.45, 2.75) is 0 Å². The van der Waals surface area contributed by atoms with Crippen molar-refractivity contribution in [2.24, 2.45) is 0 Å². The van der Waals surface area contributed by atoms with Crippen LogP contribution in [0.3, 0.4) is 0 Å². The van der Waals surface area contributed by atoms with Crippen LogP contribution in [0.15, 0.2) is 24.3 Å². The molecule has 0 aliphatic rings. The molecule has 0 unspecified atom stereocenters. The molecule has 4 nitrogen and oxygen atoms in total. The van der Waals surface area contributed by atoms with Crippen LogP contribution in [0.1, 0.15) is 10.6 Å². The van der Waals surface area contributed by atoms with Gasteiger partial charge in [0.05, 0.1) is 5.52 Å². The maximum absolute atomic E-state index is 11.6. The van der Waals surface area contributed by atoms with Crippen molar-refractivity contribution in [3.8, 4) is 0 Å². The van der Waals surface area contributed by atoms with Gasteiger partial charge in [-0.1, -0.05) is 23.7 Å². The summed E-state index contributed by atoms with van der Waals surface area (Å²) in [6.07, 6.45) is 0. The van der Waals surface area contributed by atoms with Crippen LogP contribution in [-0.4, -0.2) is 15.9 Å². The van der Waals surface area contributed by atoms with Crippen LogP contribution in [0.4, 0.5) is 4.53 Å². The van der Waals surface area contributed by atoms with Gasteiger partial charge in [0.25, 0.3) is 0 Å². The highest BCUT2D eigenvalue weighted by atomic mass is 35.5. The fourth-order valence-electron chi connectivity index (χ4n) is 1.16.